The van der Waals surface area contributed by atoms with E-state index in [1.165, 1.54) is 13.0 Å². The summed E-state index contributed by atoms with van der Waals surface area (Å²) >= 11 is 5.63. The standard InChI is InChI=1S/C11H9ClF4O2/c1-6-2-7(8(12)3-9(6)13)10(17)4-18-5-11(14,15)16/h2-3H,4-5H2,1H3. The number of rotatable bonds is 4. The highest BCUT2D eigenvalue weighted by molar-refractivity contribution is 6.34. The molecule has 100 valence electrons. The molecule has 0 saturated heterocycles. The van der Waals surface area contributed by atoms with E-state index in [2.05, 4.69) is 4.74 Å². The first kappa shape index (κ1) is 14.9. The van der Waals surface area contributed by atoms with Gasteiger partial charge in [-0.3, -0.25) is 4.79 Å². The molecular formula is C11H9ClF4O2. The fourth-order valence-electron chi connectivity index (χ4n) is 1.21. The van der Waals surface area contributed by atoms with Gasteiger partial charge in [-0.25, -0.2) is 4.39 Å². The summed E-state index contributed by atoms with van der Waals surface area (Å²) in [5.74, 6) is -1.32. The van der Waals surface area contributed by atoms with Gasteiger partial charge in [0, 0.05) is 5.56 Å². The minimum absolute atomic E-state index is 0.0576. The first-order valence-electron chi connectivity index (χ1n) is 4.84. The molecule has 0 atom stereocenters. The predicted octanol–water partition coefficient (Wildman–Crippen LogP) is 3.55. The predicted molar refractivity (Wildman–Crippen MR) is 57.4 cm³/mol. The van der Waals surface area contributed by atoms with Crippen LogP contribution in [0.5, 0.6) is 0 Å². The summed E-state index contributed by atoms with van der Waals surface area (Å²) in [6, 6.07) is 2.12. The lowest BCUT2D eigenvalue weighted by atomic mass is 10.1. The third-order valence-electron chi connectivity index (χ3n) is 2.05. The van der Waals surface area contributed by atoms with Crippen LogP contribution in [-0.2, 0) is 4.74 Å². The van der Waals surface area contributed by atoms with Crippen molar-refractivity contribution in [3.05, 3.63) is 34.1 Å². The second-order valence-electron chi connectivity index (χ2n) is 3.61. The van der Waals surface area contributed by atoms with Crippen molar-refractivity contribution in [1.29, 1.82) is 0 Å². The zero-order valence-electron chi connectivity index (χ0n) is 9.28. The minimum Gasteiger partial charge on any atom is -0.364 e. The van der Waals surface area contributed by atoms with Crippen molar-refractivity contribution in [3.63, 3.8) is 0 Å². The van der Waals surface area contributed by atoms with Crippen molar-refractivity contribution in [2.75, 3.05) is 13.2 Å². The molecule has 0 bridgehead atoms. The van der Waals surface area contributed by atoms with Gasteiger partial charge in [-0.1, -0.05) is 11.6 Å². The molecule has 0 saturated carbocycles. The highest BCUT2D eigenvalue weighted by atomic mass is 35.5. The smallest absolute Gasteiger partial charge is 0.364 e. The Morgan fingerprint density at radius 2 is 2.00 bits per heavy atom. The third-order valence-corrected chi connectivity index (χ3v) is 2.36. The maximum Gasteiger partial charge on any atom is 0.411 e. The zero-order valence-corrected chi connectivity index (χ0v) is 10.0. The number of hydrogen-bond donors (Lipinski definition) is 0. The Bertz CT molecular complexity index is 457. The fourth-order valence-corrected chi connectivity index (χ4v) is 1.46. The SMILES string of the molecule is Cc1cc(C(=O)COCC(F)(F)F)c(Cl)cc1F. The summed E-state index contributed by atoms with van der Waals surface area (Å²) in [7, 11) is 0. The van der Waals surface area contributed by atoms with Crippen LogP contribution < -0.4 is 0 Å². The lowest BCUT2D eigenvalue weighted by Gasteiger charge is -2.08. The molecule has 1 aromatic carbocycles. The first-order valence-corrected chi connectivity index (χ1v) is 5.22. The summed E-state index contributed by atoms with van der Waals surface area (Å²) < 4.78 is 52.6. The van der Waals surface area contributed by atoms with Gasteiger partial charge in [-0.2, -0.15) is 13.2 Å². The van der Waals surface area contributed by atoms with Crippen molar-refractivity contribution < 1.29 is 27.1 Å². The molecule has 0 radical (unpaired) electrons. The zero-order chi connectivity index (χ0) is 13.9. The molecule has 0 fully saturated rings. The average Bonchev–Trinajstić information content (AvgIpc) is 2.21. The van der Waals surface area contributed by atoms with Gasteiger partial charge in [0.05, 0.1) is 5.02 Å². The van der Waals surface area contributed by atoms with E-state index in [-0.39, 0.29) is 16.1 Å². The number of carbonyl (C=O) groups excluding carboxylic acids is 1. The molecular weight excluding hydrogens is 276 g/mol. The molecule has 0 heterocycles. The van der Waals surface area contributed by atoms with Crippen LogP contribution in [0.2, 0.25) is 5.02 Å². The maximum absolute atomic E-state index is 13.1. The van der Waals surface area contributed by atoms with Crippen molar-refractivity contribution in [2.45, 2.75) is 13.1 Å². The Morgan fingerprint density at radius 1 is 1.39 bits per heavy atom. The Labute approximate surface area is 105 Å². The third kappa shape index (κ3) is 4.27. The van der Waals surface area contributed by atoms with E-state index in [4.69, 9.17) is 11.6 Å². The van der Waals surface area contributed by atoms with Gasteiger partial charge in [0.2, 0.25) is 0 Å². The van der Waals surface area contributed by atoms with Gasteiger partial charge in [0.25, 0.3) is 0 Å². The Balaban J connectivity index is 2.70. The lowest BCUT2D eigenvalue weighted by Crippen LogP contribution is -2.20. The number of hydrogen-bond acceptors (Lipinski definition) is 2. The normalized spacial score (nSPS) is 11.7. The van der Waals surface area contributed by atoms with Gasteiger partial charge in [-0.15, -0.1) is 0 Å². The fraction of sp³-hybridized carbons (Fsp3) is 0.364. The number of alkyl halides is 3. The number of benzene rings is 1. The van der Waals surface area contributed by atoms with Crippen molar-refractivity contribution >= 4 is 17.4 Å². The second kappa shape index (κ2) is 5.67. The Morgan fingerprint density at radius 3 is 2.56 bits per heavy atom. The molecule has 0 spiro atoms. The van der Waals surface area contributed by atoms with Gasteiger partial charge >= 0.3 is 6.18 Å². The average molecular weight is 285 g/mol. The summed E-state index contributed by atoms with van der Waals surface area (Å²) in [5, 5.41) is -0.154. The number of ether oxygens (including phenoxy) is 1. The number of carbonyl (C=O) groups is 1. The topological polar surface area (TPSA) is 26.3 Å². The van der Waals surface area contributed by atoms with Crippen molar-refractivity contribution in [2.24, 2.45) is 0 Å². The number of aryl methyl sites for hydroxylation is 1. The molecule has 0 aromatic heterocycles. The number of Topliss-reactive ketones (excluding diaryl/α,β-unsaturated/α-hetero) is 1. The second-order valence-corrected chi connectivity index (χ2v) is 4.02. The van der Waals surface area contributed by atoms with Crippen LogP contribution >= 0.6 is 11.6 Å². The van der Waals surface area contributed by atoms with E-state index in [1.54, 1.807) is 0 Å². The highest BCUT2D eigenvalue weighted by Crippen LogP contribution is 2.21. The molecule has 18 heavy (non-hydrogen) atoms. The number of halogens is 5. The van der Waals surface area contributed by atoms with Crippen LogP contribution in [0.3, 0.4) is 0 Å². The Kier molecular flexibility index (Phi) is 4.70. The van der Waals surface area contributed by atoms with E-state index in [0.29, 0.717) is 0 Å². The summed E-state index contributed by atoms with van der Waals surface area (Å²) in [6.45, 7) is -0.861. The van der Waals surface area contributed by atoms with E-state index in [9.17, 15) is 22.4 Å². The van der Waals surface area contributed by atoms with Gasteiger partial charge in [0.1, 0.15) is 19.0 Å². The molecule has 0 aliphatic heterocycles. The molecule has 0 aliphatic carbocycles. The van der Waals surface area contributed by atoms with Crippen LogP contribution in [0.25, 0.3) is 0 Å². The van der Waals surface area contributed by atoms with Crippen LogP contribution in [0, 0.1) is 12.7 Å². The van der Waals surface area contributed by atoms with Gasteiger partial charge in [-0.05, 0) is 24.6 Å². The molecule has 0 amide bonds. The maximum atomic E-state index is 13.1. The van der Waals surface area contributed by atoms with Crippen molar-refractivity contribution in [1.82, 2.24) is 0 Å². The monoisotopic (exact) mass is 284 g/mol. The first-order chi connectivity index (χ1) is 8.20. The van der Waals surface area contributed by atoms with E-state index < -0.39 is 31.0 Å². The Hall–Kier alpha value is -1.14. The van der Waals surface area contributed by atoms with Crippen LogP contribution in [0.1, 0.15) is 15.9 Å². The molecule has 0 aliphatic rings. The molecule has 0 unspecified atom stereocenters. The molecule has 1 rings (SSSR count). The highest BCUT2D eigenvalue weighted by Gasteiger charge is 2.28. The summed E-state index contributed by atoms with van der Waals surface area (Å²) in [6.07, 6.45) is -4.50. The summed E-state index contributed by atoms with van der Waals surface area (Å²) in [5.41, 5.74) is 0.122. The lowest BCUT2D eigenvalue weighted by molar-refractivity contribution is -0.170. The largest absolute Gasteiger partial charge is 0.411 e. The van der Waals surface area contributed by atoms with E-state index in [0.717, 1.165) is 6.07 Å². The molecule has 2 nitrogen and oxygen atoms in total. The van der Waals surface area contributed by atoms with Gasteiger partial charge in [0.15, 0.2) is 5.78 Å². The van der Waals surface area contributed by atoms with Crippen molar-refractivity contribution in [3.8, 4) is 0 Å². The van der Waals surface area contributed by atoms with Crippen LogP contribution in [0.15, 0.2) is 12.1 Å². The number of ketones is 1. The van der Waals surface area contributed by atoms with Crippen LogP contribution in [0.4, 0.5) is 17.6 Å². The molecule has 0 N–H and O–H groups in total. The van der Waals surface area contributed by atoms with E-state index in [1.807, 2.05) is 0 Å². The quantitative estimate of drug-likeness (QED) is 0.624. The minimum atomic E-state index is -4.50. The summed E-state index contributed by atoms with van der Waals surface area (Å²) in [4.78, 5) is 11.5. The van der Waals surface area contributed by atoms with Gasteiger partial charge < -0.3 is 4.74 Å². The molecule has 1 aromatic rings. The van der Waals surface area contributed by atoms with Crippen LogP contribution in [-0.4, -0.2) is 25.2 Å². The van der Waals surface area contributed by atoms with E-state index >= 15 is 0 Å². The molecule has 7 heteroatoms.